The molecular formula is C49H52ClN3. The van der Waals surface area contributed by atoms with E-state index in [4.69, 9.17) is 16.6 Å². The molecule has 2 heterocycles. The second-order valence-electron chi connectivity index (χ2n) is 19.2. The zero-order valence-corrected chi connectivity index (χ0v) is 34.2. The summed E-state index contributed by atoms with van der Waals surface area (Å²) in [7, 11) is 0. The second-order valence-corrected chi connectivity index (χ2v) is 19.5. The third-order valence-electron chi connectivity index (χ3n) is 16.0. The van der Waals surface area contributed by atoms with Crippen LogP contribution in [0.25, 0.3) is 55.6 Å². The van der Waals surface area contributed by atoms with E-state index >= 15 is 0 Å². The highest BCUT2D eigenvalue weighted by Gasteiger charge is 2.58. The third kappa shape index (κ3) is 4.05. The van der Waals surface area contributed by atoms with Crippen LogP contribution in [0.2, 0.25) is 5.02 Å². The smallest absolute Gasteiger partial charge is 0.145 e. The van der Waals surface area contributed by atoms with E-state index in [1.807, 2.05) is 6.07 Å². The summed E-state index contributed by atoms with van der Waals surface area (Å²) in [5.74, 6) is 0.876. The maximum Gasteiger partial charge on any atom is 0.145 e. The number of rotatable bonds is 3. The van der Waals surface area contributed by atoms with Gasteiger partial charge in [-0.2, -0.15) is 0 Å². The Balaban J connectivity index is 1.41. The van der Waals surface area contributed by atoms with Crippen molar-refractivity contribution in [3.8, 4) is 22.8 Å². The molecule has 4 heteroatoms. The number of hydrogen-bond donors (Lipinski definition) is 0. The molecule has 0 saturated carbocycles. The molecular weight excluding hydrogens is 666 g/mol. The summed E-state index contributed by atoms with van der Waals surface area (Å²) in [6.07, 6.45) is 0. The van der Waals surface area contributed by atoms with Crippen LogP contribution in [0, 0.1) is 10.8 Å². The molecule has 5 aromatic carbocycles. The van der Waals surface area contributed by atoms with Gasteiger partial charge in [0.2, 0.25) is 0 Å². The second kappa shape index (κ2) is 10.4. The number of benzene rings is 5. The largest absolute Gasteiger partial charge is 0.308 e. The highest BCUT2D eigenvalue weighted by molar-refractivity contribution is 6.34. The van der Waals surface area contributed by atoms with Gasteiger partial charge in [0.05, 0.1) is 38.5 Å². The van der Waals surface area contributed by atoms with Crippen molar-refractivity contribution in [2.45, 2.75) is 105 Å². The Bertz CT molecular complexity index is 2570. The highest BCUT2D eigenvalue weighted by atomic mass is 35.5. The number of nitrogens with zero attached hydrogens (tertiary/aromatic N) is 3. The fraction of sp³-hybridized carbons (Fsp3) is 0.367. The van der Waals surface area contributed by atoms with Crippen LogP contribution in [-0.4, -0.2) is 14.1 Å². The summed E-state index contributed by atoms with van der Waals surface area (Å²) >= 11 is 7.81. The molecule has 270 valence electrons. The Kier molecular flexibility index (Phi) is 6.79. The monoisotopic (exact) mass is 717 g/mol. The maximum atomic E-state index is 7.81. The summed E-state index contributed by atoms with van der Waals surface area (Å²) in [4.78, 5) is 5.16. The minimum Gasteiger partial charge on any atom is -0.308 e. The number of hydrogen-bond acceptors (Lipinski definition) is 1. The molecule has 2 aliphatic carbocycles. The van der Waals surface area contributed by atoms with E-state index in [1.54, 1.807) is 0 Å². The van der Waals surface area contributed by atoms with Crippen LogP contribution in [-0.2, 0) is 21.7 Å². The van der Waals surface area contributed by atoms with E-state index in [9.17, 15) is 0 Å². The van der Waals surface area contributed by atoms with Gasteiger partial charge in [-0.05, 0) is 103 Å². The molecule has 0 amide bonds. The first-order valence-electron chi connectivity index (χ1n) is 19.3. The number of fused-ring (bicyclic) bond motifs is 6. The van der Waals surface area contributed by atoms with Crippen LogP contribution < -0.4 is 0 Å². The van der Waals surface area contributed by atoms with Gasteiger partial charge >= 0.3 is 0 Å². The number of para-hydroxylation sites is 2. The lowest BCUT2D eigenvalue weighted by Crippen LogP contribution is -2.42. The molecule has 0 spiro atoms. The molecule has 3 nitrogen and oxygen atoms in total. The highest BCUT2D eigenvalue weighted by Crippen LogP contribution is 2.64. The quantitative estimate of drug-likeness (QED) is 0.178. The average molecular weight is 718 g/mol. The fourth-order valence-electron chi connectivity index (χ4n) is 10.2. The molecule has 0 saturated heterocycles. The zero-order chi connectivity index (χ0) is 37.8. The molecule has 0 N–H and O–H groups in total. The molecule has 7 aromatic rings. The molecule has 9 rings (SSSR count). The van der Waals surface area contributed by atoms with Crippen molar-refractivity contribution in [2.24, 2.45) is 10.8 Å². The third-order valence-corrected chi connectivity index (χ3v) is 16.4. The minimum absolute atomic E-state index is 0.0116. The van der Waals surface area contributed by atoms with Gasteiger partial charge in [0, 0.05) is 16.3 Å². The van der Waals surface area contributed by atoms with Crippen molar-refractivity contribution in [1.82, 2.24) is 14.1 Å². The van der Waals surface area contributed by atoms with Crippen LogP contribution in [0.3, 0.4) is 0 Å². The summed E-state index contributed by atoms with van der Waals surface area (Å²) < 4.78 is 4.71. The Labute approximate surface area is 320 Å². The van der Waals surface area contributed by atoms with Crippen LogP contribution in [0.4, 0.5) is 0 Å². The normalized spacial score (nSPS) is 19.9. The molecule has 2 aliphatic rings. The predicted octanol–water partition coefficient (Wildman–Crippen LogP) is 13.6. The van der Waals surface area contributed by atoms with E-state index in [0.717, 1.165) is 33.8 Å². The zero-order valence-electron chi connectivity index (χ0n) is 33.5. The molecule has 53 heavy (non-hydrogen) atoms. The standard InChI is InChI=1S/C49H52ClN3/c1-44(2)32-25-30-31-26-33-35(47(7,8)49(11,12)45(33,3)4)28-41(31)52(40(30)27-34(32)46(5,6)48(44,9)10)38-23-18-24-39(42(38)50)53-37-22-17-16-21-36(37)51-43(53)29-19-14-13-15-20-29/h13-28H,1-12H3. The predicted molar refractivity (Wildman–Crippen MR) is 226 cm³/mol. The van der Waals surface area contributed by atoms with Crippen molar-refractivity contribution in [1.29, 1.82) is 0 Å². The first-order valence-corrected chi connectivity index (χ1v) is 19.6. The van der Waals surface area contributed by atoms with Crippen molar-refractivity contribution >= 4 is 44.4 Å². The summed E-state index contributed by atoms with van der Waals surface area (Å²) in [6.45, 7) is 29.3. The van der Waals surface area contributed by atoms with E-state index in [1.165, 1.54) is 44.1 Å². The molecule has 0 atom stereocenters. The SMILES string of the molecule is CC1(C)c2cc3c4cc5c(cc4n(-c4cccc(-n6c(-c7ccccc7)nc7ccccc76)c4Cl)c3cc2C(C)(C)C1(C)C)C(C)(C)C(C)(C)C5(C)C. The number of aromatic nitrogens is 3. The van der Waals surface area contributed by atoms with Gasteiger partial charge < -0.3 is 4.57 Å². The van der Waals surface area contributed by atoms with E-state index in [0.29, 0.717) is 5.02 Å². The topological polar surface area (TPSA) is 22.8 Å². The van der Waals surface area contributed by atoms with Crippen molar-refractivity contribution in [2.75, 3.05) is 0 Å². The summed E-state index contributed by atoms with van der Waals surface area (Å²) in [5.41, 5.74) is 13.1. The lowest BCUT2D eigenvalue weighted by molar-refractivity contribution is 0.125. The van der Waals surface area contributed by atoms with Crippen molar-refractivity contribution < 1.29 is 0 Å². The van der Waals surface area contributed by atoms with Crippen LogP contribution in [0.1, 0.15) is 105 Å². The summed E-state index contributed by atoms with van der Waals surface area (Å²) in [6, 6.07) is 35.4. The molecule has 0 fully saturated rings. The van der Waals surface area contributed by atoms with Gasteiger partial charge in [-0.15, -0.1) is 0 Å². The van der Waals surface area contributed by atoms with Gasteiger partial charge in [-0.25, -0.2) is 4.98 Å². The Morgan fingerprint density at radius 3 is 1.40 bits per heavy atom. The van der Waals surface area contributed by atoms with Gasteiger partial charge in [-0.1, -0.05) is 143 Å². The van der Waals surface area contributed by atoms with Crippen LogP contribution in [0.15, 0.2) is 97.1 Å². The van der Waals surface area contributed by atoms with Crippen molar-refractivity contribution in [3.05, 3.63) is 124 Å². The van der Waals surface area contributed by atoms with Crippen molar-refractivity contribution in [3.63, 3.8) is 0 Å². The lowest BCUT2D eigenvalue weighted by Gasteiger charge is -2.44. The van der Waals surface area contributed by atoms with Crippen LogP contribution in [0.5, 0.6) is 0 Å². The fourth-order valence-corrected chi connectivity index (χ4v) is 10.5. The van der Waals surface area contributed by atoms with Gasteiger partial charge in [-0.3, -0.25) is 4.57 Å². The first-order chi connectivity index (χ1) is 24.8. The molecule has 0 bridgehead atoms. The van der Waals surface area contributed by atoms with Gasteiger partial charge in [0.1, 0.15) is 5.82 Å². The van der Waals surface area contributed by atoms with E-state index in [2.05, 4.69) is 183 Å². The minimum atomic E-state index is -0.0387. The molecule has 0 unspecified atom stereocenters. The summed E-state index contributed by atoms with van der Waals surface area (Å²) in [5, 5.41) is 3.29. The lowest BCUT2D eigenvalue weighted by atomic mass is 9.59. The van der Waals surface area contributed by atoms with Gasteiger partial charge in [0.15, 0.2) is 0 Å². The maximum absolute atomic E-state index is 7.81. The molecule has 0 radical (unpaired) electrons. The number of halogens is 1. The number of imidazole rings is 1. The first kappa shape index (κ1) is 34.4. The van der Waals surface area contributed by atoms with Gasteiger partial charge in [0.25, 0.3) is 0 Å². The van der Waals surface area contributed by atoms with Crippen LogP contribution >= 0.6 is 11.6 Å². The van der Waals surface area contributed by atoms with E-state index in [-0.39, 0.29) is 32.5 Å². The van der Waals surface area contributed by atoms with E-state index < -0.39 is 0 Å². The Morgan fingerprint density at radius 1 is 0.453 bits per heavy atom. The average Bonchev–Trinajstić information content (AvgIpc) is 3.71. The molecule has 0 aliphatic heterocycles. The molecule has 2 aromatic heterocycles. The Morgan fingerprint density at radius 2 is 0.887 bits per heavy atom. The Hall–Kier alpha value is -4.34.